The lowest BCUT2D eigenvalue weighted by molar-refractivity contribution is -0.134. The first-order chi connectivity index (χ1) is 13.4. The molecule has 0 bridgehead atoms. The lowest BCUT2D eigenvalue weighted by Gasteiger charge is -2.32. The maximum absolute atomic E-state index is 13.9. The predicted octanol–water partition coefficient (Wildman–Crippen LogP) is 3.59. The lowest BCUT2D eigenvalue weighted by Crippen LogP contribution is -2.47. The Morgan fingerprint density at radius 1 is 1.18 bits per heavy atom. The monoisotopic (exact) mass is 404 g/mol. The Labute approximate surface area is 168 Å². The second-order valence-electron chi connectivity index (χ2n) is 6.83. The van der Waals surface area contributed by atoms with E-state index in [0.29, 0.717) is 31.7 Å². The number of hydrogen-bond donors (Lipinski definition) is 1. The van der Waals surface area contributed by atoms with Gasteiger partial charge in [0.2, 0.25) is 0 Å². The summed E-state index contributed by atoms with van der Waals surface area (Å²) in [7, 11) is 0. The number of nitrogens with one attached hydrogen (secondary N) is 1. The van der Waals surface area contributed by atoms with Crippen LogP contribution in [0.5, 0.6) is 5.75 Å². The second kappa shape index (κ2) is 9.06. The van der Waals surface area contributed by atoms with Gasteiger partial charge in [-0.05, 0) is 44.0 Å². The first-order valence-electron chi connectivity index (χ1n) is 9.16. The minimum Gasteiger partial charge on any atom is -0.484 e. The summed E-state index contributed by atoms with van der Waals surface area (Å²) >= 11 is 5.93. The van der Waals surface area contributed by atoms with Crippen LogP contribution in [0.25, 0.3) is 0 Å². The zero-order chi connectivity index (χ0) is 20.1. The van der Waals surface area contributed by atoms with Crippen LogP contribution in [0.15, 0.2) is 42.5 Å². The third kappa shape index (κ3) is 5.01. The van der Waals surface area contributed by atoms with Crippen molar-refractivity contribution < 1.29 is 18.7 Å². The number of ether oxygens (including phenoxy) is 1. The van der Waals surface area contributed by atoms with Gasteiger partial charge in [0.25, 0.3) is 11.8 Å². The molecule has 0 aliphatic carbocycles. The van der Waals surface area contributed by atoms with Crippen LogP contribution in [0, 0.1) is 12.7 Å². The normalized spacial score (nSPS) is 14.6. The molecule has 2 aromatic rings. The summed E-state index contributed by atoms with van der Waals surface area (Å²) in [4.78, 5) is 26.4. The first kappa shape index (κ1) is 20.1. The fourth-order valence-electron chi connectivity index (χ4n) is 3.12. The van der Waals surface area contributed by atoms with E-state index in [1.807, 2.05) is 31.2 Å². The Balaban J connectivity index is 1.46. The van der Waals surface area contributed by atoms with Crippen molar-refractivity contribution >= 4 is 23.4 Å². The van der Waals surface area contributed by atoms with E-state index in [9.17, 15) is 14.0 Å². The largest absolute Gasteiger partial charge is 0.484 e. The molecule has 0 atom stereocenters. The maximum atomic E-state index is 13.9. The average molecular weight is 405 g/mol. The van der Waals surface area contributed by atoms with Crippen LogP contribution in [0.3, 0.4) is 0 Å². The fraction of sp³-hybridized carbons (Fsp3) is 0.333. The molecule has 0 radical (unpaired) electrons. The van der Waals surface area contributed by atoms with Gasteiger partial charge in [-0.3, -0.25) is 9.59 Å². The number of halogens is 2. The third-order valence-corrected chi connectivity index (χ3v) is 5.07. The number of carbonyl (C=O) groups excluding carboxylic acids is 2. The molecule has 2 aromatic carbocycles. The van der Waals surface area contributed by atoms with Crippen molar-refractivity contribution in [2.24, 2.45) is 0 Å². The summed E-state index contributed by atoms with van der Waals surface area (Å²) in [5.74, 6) is -0.619. The number of nitrogens with zero attached hydrogens (tertiary/aromatic N) is 1. The van der Waals surface area contributed by atoms with Crippen molar-refractivity contribution in [1.29, 1.82) is 0 Å². The van der Waals surface area contributed by atoms with Crippen molar-refractivity contribution in [3.8, 4) is 5.75 Å². The fourth-order valence-corrected chi connectivity index (χ4v) is 3.37. The molecule has 0 aromatic heterocycles. The molecule has 0 saturated carbocycles. The number of rotatable bonds is 5. The van der Waals surface area contributed by atoms with Crippen LogP contribution in [0.1, 0.15) is 28.8 Å². The van der Waals surface area contributed by atoms with Crippen molar-refractivity contribution in [3.05, 3.63) is 64.4 Å². The molecule has 1 fully saturated rings. The molecule has 1 aliphatic rings. The molecular weight excluding hydrogens is 383 g/mol. The molecule has 5 nitrogen and oxygen atoms in total. The molecule has 0 unspecified atom stereocenters. The maximum Gasteiger partial charge on any atom is 0.260 e. The lowest BCUT2D eigenvalue weighted by atomic mass is 10.0. The Bertz CT molecular complexity index is 829. The molecule has 148 valence electrons. The van der Waals surface area contributed by atoms with Gasteiger partial charge in [-0.15, -0.1) is 0 Å². The zero-order valence-corrected chi connectivity index (χ0v) is 16.3. The third-order valence-electron chi connectivity index (χ3n) is 4.76. The summed E-state index contributed by atoms with van der Waals surface area (Å²) in [5, 5.41) is 2.89. The van der Waals surface area contributed by atoms with Crippen molar-refractivity contribution in [3.63, 3.8) is 0 Å². The quantitative estimate of drug-likeness (QED) is 0.828. The SMILES string of the molecule is Cc1ccc(OCC(=O)N2CCC(NC(=O)c3c(F)cccc3Cl)CC2)cc1. The van der Waals surface area contributed by atoms with E-state index in [4.69, 9.17) is 16.3 Å². The first-order valence-corrected chi connectivity index (χ1v) is 9.54. The molecular formula is C21H22ClFN2O3. The van der Waals surface area contributed by atoms with Gasteiger partial charge in [-0.25, -0.2) is 4.39 Å². The van der Waals surface area contributed by atoms with Crippen LogP contribution in [0.2, 0.25) is 5.02 Å². The molecule has 7 heteroatoms. The van der Waals surface area contributed by atoms with Crippen LogP contribution < -0.4 is 10.1 Å². The highest BCUT2D eigenvalue weighted by atomic mass is 35.5. The molecule has 1 aliphatic heterocycles. The molecule has 0 spiro atoms. The van der Waals surface area contributed by atoms with Gasteiger partial charge in [0.15, 0.2) is 6.61 Å². The number of likely N-dealkylation sites (tertiary alicyclic amines) is 1. The highest BCUT2D eigenvalue weighted by Gasteiger charge is 2.25. The number of aryl methyl sites for hydroxylation is 1. The molecule has 3 rings (SSSR count). The molecule has 1 N–H and O–H groups in total. The molecule has 1 heterocycles. The van der Waals surface area contributed by atoms with Crippen molar-refractivity contribution in [1.82, 2.24) is 10.2 Å². The van der Waals surface area contributed by atoms with Gasteiger partial charge in [-0.1, -0.05) is 35.4 Å². The van der Waals surface area contributed by atoms with E-state index in [2.05, 4.69) is 5.32 Å². The van der Waals surface area contributed by atoms with Crippen molar-refractivity contribution in [2.75, 3.05) is 19.7 Å². The van der Waals surface area contributed by atoms with Gasteiger partial charge < -0.3 is 15.0 Å². The second-order valence-corrected chi connectivity index (χ2v) is 7.23. The number of benzene rings is 2. The van der Waals surface area contributed by atoms with E-state index in [-0.39, 0.29) is 29.1 Å². The van der Waals surface area contributed by atoms with Crippen LogP contribution >= 0.6 is 11.6 Å². The zero-order valence-electron chi connectivity index (χ0n) is 15.6. The summed E-state index contributed by atoms with van der Waals surface area (Å²) in [5.41, 5.74) is 0.980. The minimum absolute atomic E-state index is 0.0229. The number of carbonyl (C=O) groups is 2. The predicted molar refractivity (Wildman–Crippen MR) is 105 cm³/mol. The van der Waals surface area contributed by atoms with Gasteiger partial charge in [0.05, 0.1) is 10.6 Å². The summed E-state index contributed by atoms with van der Waals surface area (Å²) in [6, 6.07) is 11.5. The average Bonchev–Trinajstić information content (AvgIpc) is 2.68. The summed E-state index contributed by atoms with van der Waals surface area (Å²) < 4.78 is 19.4. The summed E-state index contributed by atoms with van der Waals surface area (Å²) in [6.45, 7) is 2.97. The standard InChI is InChI=1S/C21H22ClFN2O3/c1-14-5-7-16(8-6-14)28-13-19(26)25-11-9-15(10-12-25)24-21(27)20-17(22)3-2-4-18(20)23/h2-8,15H,9-13H2,1H3,(H,24,27). The van der Waals surface area contributed by atoms with Gasteiger partial charge in [-0.2, -0.15) is 0 Å². The smallest absolute Gasteiger partial charge is 0.260 e. The number of amides is 2. The van der Waals surface area contributed by atoms with E-state index in [0.717, 1.165) is 5.56 Å². The Morgan fingerprint density at radius 2 is 1.86 bits per heavy atom. The van der Waals surface area contributed by atoms with Crippen LogP contribution in [0.4, 0.5) is 4.39 Å². The van der Waals surface area contributed by atoms with E-state index >= 15 is 0 Å². The molecule has 1 saturated heterocycles. The topological polar surface area (TPSA) is 58.6 Å². The molecule has 28 heavy (non-hydrogen) atoms. The van der Waals surface area contributed by atoms with Gasteiger partial charge >= 0.3 is 0 Å². The van der Waals surface area contributed by atoms with E-state index in [1.165, 1.54) is 18.2 Å². The summed E-state index contributed by atoms with van der Waals surface area (Å²) in [6.07, 6.45) is 1.18. The number of piperidine rings is 1. The Morgan fingerprint density at radius 3 is 2.50 bits per heavy atom. The minimum atomic E-state index is -0.647. The highest BCUT2D eigenvalue weighted by molar-refractivity contribution is 6.33. The van der Waals surface area contributed by atoms with Crippen LogP contribution in [-0.2, 0) is 4.79 Å². The molecule has 2 amide bonds. The van der Waals surface area contributed by atoms with E-state index < -0.39 is 11.7 Å². The van der Waals surface area contributed by atoms with Crippen molar-refractivity contribution in [2.45, 2.75) is 25.8 Å². The Hall–Kier alpha value is -2.60. The van der Waals surface area contributed by atoms with Crippen LogP contribution in [-0.4, -0.2) is 42.5 Å². The van der Waals surface area contributed by atoms with E-state index in [1.54, 1.807) is 4.90 Å². The number of hydrogen-bond acceptors (Lipinski definition) is 3. The van der Waals surface area contributed by atoms with Gasteiger partial charge in [0.1, 0.15) is 11.6 Å². The highest BCUT2D eigenvalue weighted by Crippen LogP contribution is 2.20. The van der Waals surface area contributed by atoms with Gasteiger partial charge in [0, 0.05) is 19.1 Å². The Kier molecular flexibility index (Phi) is 6.52.